The highest BCUT2D eigenvalue weighted by Crippen LogP contribution is 2.25. The highest BCUT2D eigenvalue weighted by molar-refractivity contribution is 7.42. The maximum atomic E-state index is 2.28. The van der Waals surface area contributed by atoms with Gasteiger partial charge in [0.05, 0.1) is 0 Å². The van der Waals surface area contributed by atoms with Gasteiger partial charge in [0.25, 0.3) is 0 Å². The summed E-state index contributed by atoms with van der Waals surface area (Å²) >= 11 is 0. The highest BCUT2D eigenvalue weighted by atomic mass is 31.1. The molecule has 8 heavy (non-hydrogen) atoms. The molecule has 0 saturated carbocycles. The molecule has 1 heterocycles. The van der Waals surface area contributed by atoms with Gasteiger partial charge in [-0.3, -0.25) is 0 Å². The summed E-state index contributed by atoms with van der Waals surface area (Å²) in [5.74, 6) is 0. The second-order valence-corrected chi connectivity index (χ2v) is 4.07. The fourth-order valence-corrected chi connectivity index (χ4v) is 2.06. The number of hydrogen-bond donors (Lipinski definition) is 0. The van der Waals surface area contributed by atoms with Gasteiger partial charge < -0.3 is 0 Å². The largest absolute Gasteiger partial charge is 0.0937 e. The van der Waals surface area contributed by atoms with Crippen LogP contribution in [0.15, 0.2) is 11.6 Å². The average molecular weight is 126 g/mol. The Morgan fingerprint density at radius 3 is 2.25 bits per heavy atom. The molecular weight excluding hydrogens is 115 g/mol. The molecule has 0 bridgehead atoms. The molecule has 0 amide bonds. The molecule has 0 aromatic heterocycles. The van der Waals surface area contributed by atoms with Crippen LogP contribution >= 0.6 is 8.20 Å². The zero-order valence-electron chi connectivity index (χ0n) is 5.60. The van der Waals surface area contributed by atoms with Crippen LogP contribution in [-0.4, -0.2) is 11.0 Å². The highest BCUT2D eigenvalue weighted by Gasteiger charge is 2.06. The minimum absolute atomic E-state index is 0.787. The first kappa shape index (κ1) is 6.04. The fraction of sp³-hybridized carbons (Fsp3) is 0.571. The minimum atomic E-state index is 0.787. The molecule has 0 aliphatic carbocycles. The van der Waals surface area contributed by atoms with Gasteiger partial charge in [-0.15, -0.1) is 0 Å². The van der Waals surface area contributed by atoms with Crippen molar-refractivity contribution in [3.63, 3.8) is 0 Å². The van der Waals surface area contributed by atoms with Crippen molar-refractivity contribution >= 4 is 13.5 Å². The van der Waals surface area contributed by atoms with Crippen molar-refractivity contribution < 1.29 is 0 Å². The van der Waals surface area contributed by atoms with Crippen LogP contribution in [0.1, 0.15) is 20.8 Å². The number of rotatable bonds is 0. The van der Waals surface area contributed by atoms with Gasteiger partial charge in [-0.2, -0.15) is 0 Å². The van der Waals surface area contributed by atoms with E-state index >= 15 is 0 Å². The van der Waals surface area contributed by atoms with Crippen LogP contribution in [-0.2, 0) is 0 Å². The second kappa shape index (κ2) is 2.03. The lowest BCUT2D eigenvalue weighted by Crippen LogP contribution is -1.86. The molecule has 1 atom stereocenters. The third kappa shape index (κ3) is 1.00. The molecule has 44 valence electrons. The van der Waals surface area contributed by atoms with E-state index in [1.54, 1.807) is 0 Å². The van der Waals surface area contributed by atoms with E-state index in [4.69, 9.17) is 0 Å². The van der Waals surface area contributed by atoms with Crippen LogP contribution in [0.5, 0.6) is 0 Å². The van der Waals surface area contributed by atoms with Crippen LogP contribution in [0.3, 0.4) is 0 Å². The van der Waals surface area contributed by atoms with Crippen molar-refractivity contribution in [2.45, 2.75) is 26.4 Å². The van der Waals surface area contributed by atoms with Crippen molar-refractivity contribution in [3.05, 3.63) is 11.6 Å². The molecule has 0 nitrogen and oxygen atoms in total. The first-order valence-corrected chi connectivity index (χ1v) is 3.89. The summed E-state index contributed by atoms with van der Waals surface area (Å²) in [6.07, 6.45) is 2.28. The third-order valence-corrected chi connectivity index (χ3v) is 2.82. The van der Waals surface area contributed by atoms with Crippen LogP contribution in [0.4, 0.5) is 0 Å². The van der Waals surface area contributed by atoms with Gasteiger partial charge in [0.2, 0.25) is 0 Å². The molecule has 0 aromatic carbocycles. The smallest absolute Gasteiger partial charge is 0.0193 e. The van der Waals surface area contributed by atoms with Crippen LogP contribution in [0, 0.1) is 0 Å². The van der Waals surface area contributed by atoms with E-state index in [0.29, 0.717) is 0 Å². The predicted molar refractivity (Wildman–Crippen MR) is 40.8 cm³/mol. The lowest BCUT2D eigenvalue weighted by Gasteiger charge is -1.95. The fourth-order valence-electron chi connectivity index (χ4n) is 0.895. The Balaban J connectivity index is 2.78. The van der Waals surface area contributed by atoms with Gasteiger partial charge >= 0.3 is 0 Å². The van der Waals surface area contributed by atoms with Gasteiger partial charge in [-0.05, 0) is 19.1 Å². The van der Waals surface area contributed by atoms with Crippen LogP contribution in [0.2, 0.25) is 0 Å². The minimum Gasteiger partial charge on any atom is -0.0937 e. The number of allylic oxidation sites excluding steroid dienone is 2. The van der Waals surface area contributed by atoms with E-state index in [9.17, 15) is 0 Å². The molecule has 0 fully saturated rings. The Kier molecular flexibility index (Phi) is 1.53. The molecule has 1 heteroatoms. The zero-order chi connectivity index (χ0) is 6.15. The number of hydrogen-bond acceptors (Lipinski definition) is 0. The predicted octanol–water partition coefficient (Wildman–Crippen LogP) is 2.47. The third-order valence-electron chi connectivity index (χ3n) is 1.49. The summed E-state index contributed by atoms with van der Waals surface area (Å²) in [6, 6.07) is 0. The quantitative estimate of drug-likeness (QED) is 0.437. The Bertz CT molecular complexity index is 154. The van der Waals surface area contributed by atoms with E-state index in [1.165, 1.54) is 19.1 Å². The van der Waals surface area contributed by atoms with Gasteiger partial charge in [-0.1, -0.05) is 26.8 Å². The molecule has 0 N–H and O–H groups in total. The SMILES string of the molecule is CC1=CC(C)=PC1C. The summed E-state index contributed by atoms with van der Waals surface area (Å²) < 4.78 is 0. The monoisotopic (exact) mass is 126 g/mol. The van der Waals surface area contributed by atoms with E-state index < -0.39 is 0 Å². The topological polar surface area (TPSA) is 0 Å². The van der Waals surface area contributed by atoms with E-state index in [1.807, 2.05) is 0 Å². The lowest BCUT2D eigenvalue weighted by atomic mass is 10.2. The van der Waals surface area contributed by atoms with Gasteiger partial charge in [0.1, 0.15) is 0 Å². The molecule has 0 spiro atoms. The van der Waals surface area contributed by atoms with E-state index in [0.717, 1.165) is 5.66 Å². The molecular formula is C7H11P. The first-order valence-electron chi connectivity index (χ1n) is 2.93. The average Bonchev–Trinajstić information content (AvgIpc) is 1.85. The van der Waals surface area contributed by atoms with E-state index in [-0.39, 0.29) is 0 Å². The van der Waals surface area contributed by atoms with Crippen molar-refractivity contribution in [1.29, 1.82) is 0 Å². The van der Waals surface area contributed by atoms with Gasteiger partial charge in [-0.25, -0.2) is 0 Å². The maximum Gasteiger partial charge on any atom is 0.0193 e. The molecule has 1 unspecified atom stereocenters. The maximum absolute atomic E-state index is 2.28. The Morgan fingerprint density at radius 1 is 1.50 bits per heavy atom. The van der Waals surface area contributed by atoms with Crippen LogP contribution in [0.25, 0.3) is 0 Å². The summed E-state index contributed by atoms with van der Waals surface area (Å²) in [7, 11) is 1.51. The van der Waals surface area contributed by atoms with Gasteiger partial charge in [0.15, 0.2) is 0 Å². The summed E-state index contributed by atoms with van der Waals surface area (Å²) in [5.41, 5.74) is 2.32. The molecule has 1 aliphatic rings. The van der Waals surface area contributed by atoms with Crippen LogP contribution < -0.4 is 0 Å². The standard InChI is InChI=1S/C7H11P/c1-5-4-6(2)8-7(5)3/h4,7H,1-3H3. The first-order chi connectivity index (χ1) is 3.70. The summed E-state index contributed by atoms with van der Waals surface area (Å²) in [4.78, 5) is 0. The molecule has 1 aliphatic heterocycles. The second-order valence-electron chi connectivity index (χ2n) is 2.33. The molecule has 0 aromatic rings. The van der Waals surface area contributed by atoms with Gasteiger partial charge in [0, 0.05) is 5.66 Å². The normalized spacial score (nSPS) is 29.6. The Morgan fingerprint density at radius 2 is 2.12 bits per heavy atom. The van der Waals surface area contributed by atoms with Crippen molar-refractivity contribution in [3.8, 4) is 0 Å². The van der Waals surface area contributed by atoms with Crippen molar-refractivity contribution in [1.82, 2.24) is 0 Å². The lowest BCUT2D eigenvalue weighted by molar-refractivity contribution is 1.13. The Labute approximate surface area is 52.4 Å². The molecule has 0 radical (unpaired) electrons. The zero-order valence-corrected chi connectivity index (χ0v) is 6.50. The van der Waals surface area contributed by atoms with Crippen molar-refractivity contribution in [2.24, 2.45) is 0 Å². The summed E-state index contributed by atoms with van der Waals surface area (Å²) in [5, 5.41) is 1.51. The summed E-state index contributed by atoms with van der Waals surface area (Å²) in [6.45, 7) is 6.66. The molecule has 1 rings (SSSR count). The Hall–Kier alpha value is -0.0900. The molecule has 0 saturated heterocycles. The van der Waals surface area contributed by atoms with E-state index in [2.05, 4.69) is 26.8 Å². The van der Waals surface area contributed by atoms with Crippen molar-refractivity contribution in [2.75, 3.05) is 0 Å².